The predicted molar refractivity (Wildman–Crippen MR) is 138 cm³/mol. The number of fused-ring (bicyclic) bond motifs is 1. The highest BCUT2D eigenvalue weighted by atomic mass is 35.5. The number of rotatable bonds is 9. The van der Waals surface area contributed by atoms with Gasteiger partial charge in [-0.2, -0.15) is 0 Å². The minimum Gasteiger partial charge on any atom is -0.454 e. The number of nitrogens with zero attached hydrogens (tertiary/aromatic N) is 2. The molecule has 1 aliphatic heterocycles. The number of nitrogens with one attached hydrogen (secondary N) is 1. The molecule has 0 aromatic heterocycles. The van der Waals surface area contributed by atoms with Gasteiger partial charge in [-0.1, -0.05) is 72.2 Å². The Kier molecular flexibility index (Phi) is 9.01. The summed E-state index contributed by atoms with van der Waals surface area (Å²) in [5.41, 5.74) is -0.230. The van der Waals surface area contributed by atoms with E-state index in [4.69, 9.17) is 51.1 Å². The van der Waals surface area contributed by atoms with E-state index >= 15 is 0 Å². The highest BCUT2D eigenvalue weighted by molar-refractivity contribution is 6.55. The van der Waals surface area contributed by atoms with Gasteiger partial charge < -0.3 is 10.1 Å². The molecule has 3 amide bonds. The normalized spacial score (nSPS) is 13.4. The molecule has 0 aliphatic carbocycles. The molecular formula is C23H19Cl4N3O7. The lowest BCUT2D eigenvalue weighted by atomic mass is 10.1. The second-order valence-corrected chi connectivity index (χ2v) is 9.57. The van der Waals surface area contributed by atoms with Crippen molar-refractivity contribution < 1.29 is 28.8 Å². The van der Waals surface area contributed by atoms with E-state index in [9.17, 15) is 29.3 Å². The number of unbranched alkanes of at least 4 members (excludes halogenated alkanes) is 1. The van der Waals surface area contributed by atoms with E-state index in [-0.39, 0.29) is 49.0 Å². The van der Waals surface area contributed by atoms with Crippen molar-refractivity contribution in [1.82, 2.24) is 4.90 Å². The fourth-order valence-electron chi connectivity index (χ4n) is 3.71. The van der Waals surface area contributed by atoms with Gasteiger partial charge in [0.05, 0.1) is 36.1 Å². The molecule has 0 fully saturated rings. The Morgan fingerprint density at radius 3 is 2.14 bits per heavy atom. The number of benzene rings is 2. The number of carbonyl (C=O) groups is 4. The molecule has 0 bridgehead atoms. The van der Waals surface area contributed by atoms with Gasteiger partial charge in [0.15, 0.2) is 6.61 Å². The number of ether oxygens (including phenoxy) is 1. The first-order valence-corrected chi connectivity index (χ1v) is 12.4. The maximum Gasteiger partial charge on any atom is 0.329 e. The lowest BCUT2D eigenvalue weighted by Gasteiger charge is -2.24. The second kappa shape index (κ2) is 11.6. The molecule has 37 heavy (non-hydrogen) atoms. The largest absolute Gasteiger partial charge is 0.454 e. The molecule has 14 heteroatoms. The molecule has 3 rings (SSSR count). The minimum absolute atomic E-state index is 0.0449. The van der Waals surface area contributed by atoms with Crippen molar-refractivity contribution in [2.45, 2.75) is 39.2 Å². The number of amides is 3. The van der Waals surface area contributed by atoms with Gasteiger partial charge in [0.25, 0.3) is 23.4 Å². The molecule has 2 aromatic rings. The van der Waals surface area contributed by atoms with Crippen LogP contribution < -0.4 is 5.32 Å². The van der Waals surface area contributed by atoms with Crippen LogP contribution in [0.15, 0.2) is 18.2 Å². The number of hydrogen-bond acceptors (Lipinski definition) is 7. The standard InChI is InChI=1S/C23H19Cl4N3O7/c1-3-4-5-12(29-21(32)15-16(22(29)33)18(25)20(27)19(26)17(15)24)23(34)37-9-14(31)28-11-7-6-10(2)13(8-11)30(35)36/h6-8,12H,3-5,9H2,1-2H3,(H,28,31)/t12-/m0/s1. The molecule has 0 unspecified atom stereocenters. The summed E-state index contributed by atoms with van der Waals surface area (Å²) in [5, 5.41) is 12.5. The van der Waals surface area contributed by atoms with Crippen LogP contribution in [0.1, 0.15) is 52.5 Å². The fraction of sp³-hybridized carbons (Fsp3) is 0.304. The lowest BCUT2D eigenvalue weighted by Crippen LogP contribution is -2.46. The van der Waals surface area contributed by atoms with Crippen molar-refractivity contribution in [3.63, 3.8) is 0 Å². The molecule has 2 aromatic carbocycles. The van der Waals surface area contributed by atoms with Crippen molar-refractivity contribution in [1.29, 1.82) is 0 Å². The molecule has 0 spiro atoms. The number of hydrogen-bond donors (Lipinski definition) is 1. The summed E-state index contributed by atoms with van der Waals surface area (Å²) >= 11 is 24.4. The Morgan fingerprint density at radius 1 is 1.05 bits per heavy atom. The molecule has 1 N–H and O–H groups in total. The summed E-state index contributed by atoms with van der Waals surface area (Å²) in [4.78, 5) is 62.8. The van der Waals surface area contributed by atoms with Crippen LogP contribution in [0.4, 0.5) is 11.4 Å². The fourth-order valence-corrected chi connectivity index (χ4v) is 4.73. The van der Waals surface area contributed by atoms with Gasteiger partial charge in [-0.15, -0.1) is 0 Å². The number of imide groups is 1. The summed E-state index contributed by atoms with van der Waals surface area (Å²) < 4.78 is 5.10. The van der Waals surface area contributed by atoms with Gasteiger partial charge in [0.2, 0.25) is 0 Å². The third-order valence-corrected chi connectivity index (χ3v) is 7.38. The molecular weight excluding hydrogens is 572 g/mol. The van der Waals surface area contributed by atoms with Crippen molar-refractivity contribution >= 4 is 81.5 Å². The van der Waals surface area contributed by atoms with Crippen LogP contribution in [-0.4, -0.2) is 46.2 Å². The zero-order valence-corrected chi connectivity index (χ0v) is 22.4. The maximum atomic E-state index is 13.2. The van der Waals surface area contributed by atoms with Crippen LogP contribution in [0.3, 0.4) is 0 Å². The van der Waals surface area contributed by atoms with Gasteiger partial charge in [0.1, 0.15) is 6.04 Å². The molecule has 196 valence electrons. The molecule has 1 heterocycles. The highest BCUT2D eigenvalue weighted by Gasteiger charge is 2.47. The van der Waals surface area contributed by atoms with Crippen molar-refractivity contribution in [3.05, 3.63) is 65.1 Å². The summed E-state index contributed by atoms with van der Waals surface area (Å²) in [6.45, 7) is 2.61. The van der Waals surface area contributed by atoms with Crippen LogP contribution in [0.2, 0.25) is 20.1 Å². The zero-order valence-electron chi connectivity index (χ0n) is 19.4. The third-order valence-electron chi connectivity index (χ3n) is 5.58. The summed E-state index contributed by atoms with van der Waals surface area (Å²) in [7, 11) is 0. The first-order chi connectivity index (χ1) is 17.4. The molecule has 0 saturated heterocycles. The monoisotopic (exact) mass is 589 g/mol. The zero-order chi connectivity index (χ0) is 27.6. The quantitative estimate of drug-likeness (QED) is 0.0965. The van der Waals surface area contributed by atoms with Crippen LogP contribution in [0.25, 0.3) is 0 Å². The van der Waals surface area contributed by atoms with E-state index in [1.54, 1.807) is 6.92 Å². The number of esters is 1. The van der Waals surface area contributed by atoms with Crippen molar-refractivity contribution in [3.8, 4) is 0 Å². The van der Waals surface area contributed by atoms with Crippen molar-refractivity contribution in [2.24, 2.45) is 0 Å². The average Bonchev–Trinajstić information content (AvgIpc) is 3.11. The van der Waals surface area contributed by atoms with Crippen LogP contribution in [0.5, 0.6) is 0 Å². The number of anilines is 1. The minimum atomic E-state index is -1.38. The molecule has 0 saturated carbocycles. The van der Waals surface area contributed by atoms with Gasteiger partial charge in [-0.25, -0.2) is 4.79 Å². The Labute approximate surface area is 230 Å². The molecule has 0 radical (unpaired) electrons. The van der Waals surface area contributed by atoms with E-state index in [0.29, 0.717) is 23.3 Å². The van der Waals surface area contributed by atoms with Crippen LogP contribution >= 0.6 is 46.4 Å². The summed E-state index contributed by atoms with van der Waals surface area (Å²) in [5.74, 6) is -3.61. The molecule has 10 nitrogen and oxygen atoms in total. The first kappa shape index (κ1) is 28.6. The van der Waals surface area contributed by atoms with E-state index in [0.717, 1.165) is 0 Å². The van der Waals surface area contributed by atoms with E-state index in [2.05, 4.69) is 5.32 Å². The van der Waals surface area contributed by atoms with E-state index in [1.165, 1.54) is 18.2 Å². The van der Waals surface area contributed by atoms with Gasteiger partial charge >= 0.3 is 5.97 Å². The number of nitro groups is 1. The molecule has 1 aliphatic rings. The summed E-state index contributed by atoms with van der Waals surface area (Å²) in [6.07, 6.45) is 1.11. The van der Waals surface area contributed by atoms with Crippen LogP contribution in [0, 0.1) is 17.0 Å². The number of carbonyl (C=O) groups excluding carboxylic acids is 4. The Balaban J connectivity index is 1.79. The highest BCUT2D eigenvalue weighted by Crippen LogP contribution is 2.45. The number of nitro benzene ring substituents is 1. The maximum absolute atomic E-state index is 13.2. The Bertz CT molecular complexity index is 1290. The molecule has 1 atom stereocenters. The SMILES string of the molecule is CCCC[C@@H](C(=O)OCC(=O)Nc1ccc(C)c([N+](=O)[O-])c1)N1C(=O)c2c(Cl)c(Cl)c(Cl)c(Cl)c2C1=O. The lowest BCUT2D eigenvalue weighted by molar-refractivity contribution is -0.385. The van der Waals surface area contributed by atoms with Gasteiger partial charge in [-0.3, -0.25) is 29.4 Å². The van der Waals surface area contributed by atoms with Crippen molar-refractivity contribution in [2.75, 3.05) is 11.9 Å². The van der Waals surface area contributed by atoms with E-state index in [1.807, 2.05) is 6.92 Å². The van der Waals surface area contributed by atoms with Crippen LogP contribution in [-0.2, 0) is 14.3 Å². The predicted octanol–water partition coefficient (Wildman–Crippen LogP) is 5.85. The number of halogens is 4. The summed E-state index contributed by atoms with van der Waals surface area (Å²) in [6, 6.07) is 2.69. The first-order valence-electron chi connectivity index (χ1n) is 10.9. The third kappa shape index (κ3) is 5.67. The smallest absolute Gasteiger partial charge is 0.329 e. The average molecular weight is 591 g/mol. The van der Waals surface area contributed by atoms with E-state index < -0.39 is 41.3 Å². The van der Waals surface area contributed by atoms with Gasteiger partial charge in [0, 0.05) is 17.3 Å². The topological polar surface area (TPSA) is 136 Å². The van der Waals surface area contributed by atoms with Gasteiger partial charge in [-0.05, 0) is 19.4 Å². The Hall–Kier alpha value is -2.92. The Morgan fingerprint density at radius 2 is 1.62 bits per heavy atom. The number of aryl methyl sites for hydroxylation is 1. The second-order valence-electron chi connectivity index (χ2n) is 8.06.